The van der Waals surface area contributed by atoms with Gasteiger partial charge in [0.1, 0.15) is 0 Å². The Morgan fingerprint density at radius 1 is 1.47 bits per heavy atom. The van der Waals surface area contributed by atoms with Crippen LogP contribution in [0.1, 0.15) is 16.8 Å². The monoisotopic (exact) mass is 284 g/mol. The van der Waals surface area contributed by atoms with E-state index in [2.05, 4.69) is 0 Å². The minimum atomic E-state index is -2.96. The predicted molar refractivity (Wildman–Crippen MR) is 73.3 cm³/mol. The molecule has 1 heterocycles. The van der Waals surface area contributed by atoms with E-state index in [1.807, 2.05) is 4.90 Å². The van der Waals surface area contributed by atoms with Crippen LogP contribution in [0.5, 0.6) is 0 Å². The Bertz CT molecular complexity index is 612. The summed E-state index contributed by atoms with van der Waals surface area (Å²) in [7, 11) is -1.18. The predicted octanol–water partition coefficient (Wildman–Crippen LogP) is 0.590. The fraction of sp³-hybridized carbons (Fsp3) is 0.417. The van der Waals surface area contributed by atoms with Crippen molar-refractivity contribution >= 4 is 27.2 Å². The highest BCUT2D eigenvalue weighted by atomic mass is 32.2. The standard InChI is InChI=1S/C12H16N2O4S/c1-14(9-4-5-19(17,18)7-9)11-3-2-8(12(15)16)6-10(11)13/h2-3,6,9H,4-5,7,13H2,1H3,(H,15,16). The molecule has 1 saturated heterocycles. The Kier molecular flexibility index (Phi) is 3.40. The van der Waals surface area contributed by atoms with Crippen molar-refractivity contribution in [1.29, 1.82) is 0 Å². The van der Waals surface area contributed by atoms with E-state index in [1.165, 1.54) is 12.1 Å². The molecule has 1 unspecified atom stereocenters. The molecule has 0 spiro atoms. The molecule has 2 rings (SSSR count). The molecule has 1 fully saturated rings. The minimum Gasteiger partial charge on any atom is -0.478 e. The number of benzene rings is 1. The van der Waals surface area contributed by atoms with Gasteiger partial charge in [0.15, 0.2) is 9.84 Å². The zero-order valence-electron chi connectivity index (χ0n) is 10.5. The smallest absolute Gasteiger partial charge is 0.335 e. The van der Waals surface area contributed by atoms with Crippen LogP contribution in [0.4, 0.5) is 11.4 Å². The second-order valence-corrected chi connectivity index (χ2v) is 6.98. The number of anilines is 2. The van der Waals surface area contributed by atoms with Gasteiger partial charge < -0.3 is 15.7 Å². The molecule has 19 heavy (non-hydrogen) atoms. The van der Waals surface area contributed by atoms with Gasteiger partial charge in [-0.25, -0.2) is 13.2 Å². The van der Waals surface area contributed by atoms with Crippen LogP contribution in [-0.4, -0.2) is 44.1 Å². The van der Waals surface area contributed by atoms with E-state index in [-0.39, 0.29) is 23.1 Å². The lowest BCUT2D eigenvalue weighted by atomic mass is 10.1. The zero-order chi connectivity index (χ0) is 14.2. The van der Waals surface area contributed by atoms with E-state index in [9.17, 15) is 13.2 Å². The number of carbonyl (C=O) groups is 1. The van der Waals surface area contributed by atoms with Gasteiger partial charge in [-0.05, 0) is 24.6 Å². The van der Waals surface area contributed by atoms with Crippen LogP contribution in [0.25, 0.3) is 0 Å². The molecule has 0 aliphatic carbocycles. The van der Waals surface area contributed by atoms with Gasteiger partial charge in [-0.1, -0.05) is 0 Å². The van der Waals surface area contributed by atoms with Gasteiger partial charge in [0.05, 0.1) is 28.4 Å². The van der Waals surface area contributed by atoms with Gasteiger partial charge in [-0.2, -0.15) is 0 Å². The number of hydrogen-bond acceptors (Lipinski definition) is 5. The highest BCUT2D eigenvalue weighted by molar-refractivity contribution is 7.91. The lowest BCUT2D eigenvalue weighted by molar-refractivity contribution is 0.0697. The molecule has 1 atom stereocenters. The third kappa shape index (κ3) is 2.81. The van der Waals surface area contributed by atoms with Crippen LogP contribution in [0.15, 0.2) is 18.2 Å². The summed E-state index contributed by atoms with van der Waals surface area (Å²) in [6, 6.07) is 4.36. The fourth-order valence-corrected chi connectivity index (χ4v) is 4.06. The fourth-order valence-electron chi connectivity index (χ4n) is 2.29. The average Bonchev–Trinajstić information content (AvgIpc) is 2.68. The van der Waals surface area contributed by atoms with Crippen LogP contribution in [0.2, 0.25) is 0 Å². The molecule has 0 aromatic heterocycles. The van der Waals surface area contributed by atoms with Crippen molar-refractivity contribution in [2.45, 2.75) is 12.5 Å². The van der Waals surface area contributed by atoms with Crippen molar-refractivity contribution in [2.75, 3.05) is 29.2 Å². The van der Waals surface area contributed by atoms with Crippen molar-refractivity contribution in [3.63, 3.8) is 0 Å². The maximum absolute atomic E-state index is 11.5. The van der Waals surface area contributed by atoms with Crippen LogP contribution >= 0.6 is 0 Å². The first-order valence-corrected chi connectivity index (χ1v) is 7.68. The number of rotatable bonds is 3. The van der Waals surface area contributed by atoms with Crippen molar-refractivity contribution in [3.05, 3.63) is 23.8 Å². The first kappa shape index (κ1) is 13.7. The van der Waals surface area contributed by atoms with Gasteiger partial charge in [0.2, 0.25) is 0 Å². The number of hydrogen-bond donors (Lipinski definition) is 2. The molecule has 7 heteroatoms. The van der Waals surface area contributed by atoms with E-state index < -0.39 is 15.8 Å². The van der Waals surface area contributed by atoms with E-state index >= 15 is 0 Å². The second kappa shape index (κ2) is 4.73. The Labute approximate surface area is 111 Å². The molecule has 104 valence electrons. The Morgan fingerprint density at radius 3 is 2.63 bits per heavy atom. The summed E-state index contributed by atoms with van der Waals surface area (Å²) in [6.07, 6.45) is 0.568. The number of nitrogens with zero attached hydrogens (tertiary/aromatic N) is 1. The van der Waals surface area contributed by atoms with Gasteiger partial charge in [-0.3, -0.25) is 0 Å². The van der Waals surface area contributed by atoms with Crippen LogP contribution < -0.4 is 10.6 Å². The van der Waals surface area contributed by atoms with Gasteiger partial charge in [0, 0.05) is 13.1 Å². The van der Waals surface area contributed by atoms with Crippen molar-refractivity contribution < 1.29 is 18.3 Å². The van der Waals surface area contributed by atoms with Crippen LogP contribution in [-0.2, 0) is 9.84 Å². The summed E-state index contributed by atoms with van der Waals surface area (Å²) >= 11 is 0. The molecule has 3 N–H and O–H groups in total. The lowest BCUT2D eigenvalue weighted by Crippen LogP contribution is -2.33. The van der Waals surface area contributed by atoms with Crippen LogP contribution in [0, 0.1) is 0 Å². The number of carboxylic acids is 1. The Hall–Kier alpha value is -1.76. The topological polar surface area (TPSA) is 101 Å². The summed E-state index contributed by atoms with van der Waals surface area (Å²) in [5.41, 5.74) is 6.96. The molecule has 0 bridgehead atoms. The number of nitrogen functional groups attached to an aromatic ring is 1. The van der Waals surface area contributed by atoms with Gasteiger partial charge >= 0.3 is 5.97 Å². The Balaban J connectivity index is 2.25. The number of sulfone groups is 1. The van der Waals surface area contributed by atoms with Crippen molar-refractivity contribution in [1.82, 2.24) is 0 Å². The number of aromatic carboxylic acids is 1. The Morgan fingerprint density at radius 2 is 2.16 bits per heavy atom. The molecular formula is C12H16N2O4S. The third-order valence-corrected chi connectivity index (χ3v) is 5.16. The van der Waals surface area contributed by atoms with E-state index in [4.69, 9.17) is 10.8 Å². The lowest BCUT2D eigenvalue weighted by Gasteiger charge is -2.27. The largest absolute Gasteiger partial charge is 0.478 e. The first-order chi connectivity index (χ1) is 8.80. The maximum Gasteiger partial charge on any atom is 0.335 e. The average molecular weight is 284 g/mol. The summed E-state index contributed by atoms with van der Waals surface area (Å²) < 4.78 is 22.9. The third-order valence-electron chi connectivity index (χ3n) is 3.41. The minimum absolute atomic E-state index is 0.108. The molecule has 6 nitrogen and oxygen atoms in total. The summed E-state index contributed by atoms with van der Waals surface area (Å²) in [6.45, 7) is 0. The van der Waals surface area contributed by atoms with E-state index in [0.717, 1.165) is 0 Å². The quantitative estimate of drug-likeness (QED) is 0.788. The van der Waals surface area contributed by atoms with E-state index in [1.54, 1.807) is 13.1 Å². The highest BCUT2D eigenvalue weighted by Crippen LogP contribution is 2.28. The number of nitrogens with two attached hydrogens (primary N) is 1. The van der Waals surface area contributed by atoms with E-state index in [0.29, 0.717) is 17.8 Å². The van der Waals surface area contributed by atoms with Gasteiger partial charge in [0.25, 0.3) is 0 Å². The zero-order valence-corrected chi connectivity index (χ0v) is 11.4. The van der Waals surface area contributed by atoms with Crippen LogP contribution in [0.3, 0.4) is 0 Å². The van der Waals surface area contributed by atoms with Gasteiger partial charge in [-0.15, -0.1) is 0 Å². The second-order valence-electron chi connectivity index (χ2n) is 4.75. The molecule has 0 amide bonds. The summed E-state index contributed by atoms with van der Waals surface area (Å²) in [5.74, 6) is -0.733. The number of carboxylic acid groups (broad SMARTS) is 1. The van der Waals surface area contributed by atoms with Crippen molar-refractivity contribution in [3.8, 4) is 0 Å². The molecule has 0 saturated carbocycles. The summed E-state index contributed by atoms with van der Waals surface area (Å²) in [5, 5.41) is 8.87. The molecule has 0 radical (unpaired) electrons. The normalized spacial score (nSPS) is 21.2. The summed E-state index contributed by atoms with van der Waals surface area (Å²) in [4.78, 5) is 12.6. The molecular weight excluding hydrogens is 268 g/mol. The molecule has 1 aromatic rings. The maximum atomic E-state index is 11.5. The molecule has 1 aliphatic rings. The first-order valence-electron chi connectivity index (χ1n) is 5.86. The highest BCUT2D eigenvalue weighted by Gasteiger charge is 2.31. The molecule has 1 aliphatic heterocycles. The van der Waals surface area contributed by atoms with Crippen molar-refractivity contribution in [2.24, 2.45) is 0 Å². The SMILES string of the molecule is CN(c1ccc(C(=O)O)cc1N)C1CCS(=O)(=O)C1. The molecule has 1 aromatic carbocycles.